The van der Waals surface area contributed by atoms with Crippen LogP contribution in [0, 0.1) is 0 Å². The number of nitrogens with one attached hydrogen (secondary N) is 1. The number of hydrogen-bond donors (Lipinski definition) is 8. The number of amides is 1. The quantitative estimate of drug-likeness (QED) is 0.0333. The molecule has 10 atom stereocenters. The largest absolute Gasteiger partial charge is 0.489 e. The second-order valence-corrected chi connectivity index (χ2v) is 16.5. The summed E-state index contributed by atoms with van der Waals surface area (Å²) in [4.78, 5) is 84.5. The maximum absolute atomic E-state index is 13.9. The lowest BCUT2D eigenvalue weighted by Crippen LogP contribution is -2.49. The molecule has 6 rings (SSSR count). The summed E-state index contributed by atoms with van der Waals surface area (Å²) in [5.41, 5.74) is 10.6. The van der Waals surface area contributed by atoms with Crippen LogP contribution in [0.1, 0.15) is 25.3 Å². The summed E-state index contributed by atoms with van der Waals surface area (Å²) in [7, 11) is -10.6. The van der Waals surface area contributed by atoms with Gasteiger partial charge in [-0.1, -0.05) is 29.8 Å². The van der Waals surface area contributed by atoms with Crippen LogP contribution in [0.5, 0.6) is 5.75 Å². The summed E-state index contributed by atoms with van der Waals surface area (Å²) in [6, 6.07) is 5.93. The van der Waals surface area contributed by atoms with Crippen molar-refractivity contribution in [1.29, 1.82) is 0 Å². The molecule has 0 spiro atoms. The van der Waals surface area contributed by atoms with Gasteiger partial charge >= 0.3 is 27.3 Å². The van der Waals surface area contributed by atoms with Crippen LogP contribution in [0.2, 0.25) is 5.02 Å². The number of nitrogen functional groups attached to an aromatic ring is 2. The van der Waals surface area contributed by atoms with Gasteiger partial charge in [0, 0.05) is 12.6 Å². The van der Waals surface area contributed by atoms with Gasteiger partial charge in [0.1, 0.15) is 60.5 Å². The van der Waals surface area contributed by atoms with Crippen LogP contribution in [0.25, 0.3) is 11.2 Å². The van der Waals surface area contributed by atoms with Gasteiger partial charge in [0.15, 0.2) is 36.1 Å². The lowest BCUT2D eigenvalue weighted by molar-refractivity contribution is -0.161. The second kappa shape index (κ2) is 19.6. The predicted octanol–water partition coefficient (Wildman–Crippen LogP) is -0.529. The highest BCUT2D eigenvalue weighted by Crippen LogP contribution is 2.50. The molecule has 10 N–H and O–H groups in total. The number of rotatable bonds is 19. The SMILES string of the molecule is C=CCCC(=O)NC(COc1ccccc1Cl)C(=O)O[C@H]1[C@@H](O)[C@H](n2cnc3c(N)ncnc32)O[C@@H]1COP(=O)(O)O[C@H]1[C@@H](O)[C@H](n2ccc(N)nc2=O)O[C@@H]1COP(=O)(O)O. The van der Waals surface area contributed by atoms with Crippen molar-refractivity contribution in [2.75, 3.05) is 31.3 Å². The van der Waals surface area contributed by atoms with Crippen molar-refractivity contribution in [3.63, 3.8) is 0 Å². The number of ether oxygens (including phenoxy) is 4. The van der Waals surface area contributed by atoms with E-state index in [0.717, 1.165) is 17.1 Å². The van der Waals surface area contributed by atoms with Crippen LogP contribution < -0.4 is 27.2 Å². The molecule has 4 aromatic rings. The lowest BCUT2D eigenvalue weighted by atomic mass is 10.1. The Morgan fingerprint density at radius 3 is 2.35 bits per heavy atom. The summed E-state index contributed by atoms with van der Waals surface area (Å²) >= 11 is 6.21. The van der Waals surface area contributed by atoms with Crippen molar-refractivity contribution >= 4 is 61.9 Å². The normalized spacial score (nSPS) is 25.3. The Balaban J connectivity index is 1.25. The maximum atomic E-state index is 13.9. The highest BCUT2D eigenvalue weighted by atomic mass is 35.5. The number of hydrogen-bond acceptors (Lipinski definition) is 20. The number of phosphoric acid groups is 2. The lowest BCUT2D eigenvalue weighted by Gasteiger charge is -2.26. The number of carbonyl (C=O) groups is 2. The van der Waals surface area contributed by atoms with Crippen LogP contribution in [-0.4, -0.2) is 128 Å². The van der Waals surface area contributed by atoms with E-state index in [4.69, 9.17) is 51.1 Å². The number of carbonyl (C=O) groups excluding carboxylic acids is 2. The molecule has 5 heterocycles. The topological polar surface area (TPSA) is 377 Å². The molecule has 336 valence electrons. The average Bonchev–Trinajstić information content (AvgIpc) is 3.87. The molecule has 2 saturated heterocycles. The van der Waals surface area contributed by atoms with E-state index in [1.165, 1.54) is 35.2 Å². The van der Waals surface area contributed by atoms with Crippen molar-refractivity contribution < 1.29 is 76.1 Å². The van der Waals surface area contributed by atoms with Crippen LogP contribution >= 0.6 is 27.2 Å². The standard InChI is InChI=1S/C33H40ClN9O17P2/c1-2-3-8-22(44)40-17(11-54-18-7-5-4-6-16(18)34)32(47)59-26-19(57-31(24(26)45)43-15-39-23-28(36)37-14-38-29(23)43)13-56-62(52,53)60-27-20(12-55-61(49,50)51)58-30(25(27)46)42-10-9-21(35)41-33(42)48/h2,4-7,9-10,14-15,17,19-20,24-27,30-31,45-46H,1,3,8,11-13H2,(H,40,44)(H,52,53)(H2,35,41,48)(H2,36,37,38)(H2,49,50,51)/t17?,19-,20-,24-,25-,26-,27-,30-,31-/m1/s1. The van der Waals surface area contributed by atoms with E-state index in [-0.39, 0.29) is 46.4 Å². The van der Waals surface area contributed by atoms with Crippen molar-refractivity contribution in [3.8, 4) is 5.75 Å². The van der Waals surface area contributed by atoms with Gasteiger partial charge in [0.2, 0.25) is 5.91 Å². The number of aliphatic hydroxyl groups excluding tert-OH is 2. The smallest absolute Gasteiger partial charge is 0.472 e. The molecule has 2 unspecified atom stereocenters. The third kappa shape index (κ3) is 11.2. The van der Waals surface area contributed by atoms with Gasteiger partial charge in [-0.3, -0.25) is 27.5 Å². The summed E-state index contributed by atoms with van der Waals surface area (Å²) in [5, 5.41) is 25.5. The number of nitrogens with zero attached hydrogens (tertiary/aromatic N) is 6. The molecule has 2 aliphatic rings. The molecule has 1 aromatic carbocycles. The fourth-order valence-corrected chi connectivity index (χ4v) is 7.76. The zero-order valence-electron chi connectivity index (χ0n) is 31.9. The molecule has 0 bridgehead atoms. The maximum Gasteiger partial charge on any atom is 0.472 e. The predicted molar refractivity (Wildman–Crippen MR) is 209 cm³/mol. The van der Waals surface area contributed by atoms with Gasteiger partial charge < -0.3 is 60.6 Å². The molecule has 0 saturated carbocycles. The molecule has 2 aliphatic heterocycles. The highest BCUT2D eigenvalue weighted by molar-refractivity contribution is 7.47. The molecular formula is C33H40ClN9O17P2. The van der Waals surface area contributed by atoms with E-state index in [1.807, 2.05) is 0 Å². The first-order valence-electron chi connectivity index (χ1n) is 18.1. The number of fused-ring (bicyclic) bond motifs is 1. The first-order chi connectivity index (χ1) is 29.4. The number of imidazole rings is 1. The van der Waals surface area contributed by atoms with Gasteiger partial charge in [0.05, 0.1) is 24.6 Å². The van der Waals surface area contributed by atoms with Crippen molar-refractivity contribution in [2.24, 2.45) is 0 Å². The molecule has 1 amide bonds. The fourth-order valence-electron chi connectivity index (χ4n) is 6.26. The molecule has 0 radical (unpaired) electrons. The van der Waals surface area contributed by atoms with E-state index in [1.54, 1.807) is 12.1 Å². The van der Waals surface area contributed by atoms with Gasteiger partial charge in [-0.2, -0.15) is 4.98 Å². The summed E-state index contributed by atoms with van der Waals surface area (Å²) in [5.74, 6) is -1.83. The minimum Gasteiger partial charge on any atom is -0.489 e. The van der Waals surface area contributed by atoms with E-state index < -0.39 is 108 Å². The molecule has 0 aliphatic carbocycles. The van der Waals surface area contributed by atoms with E-state index in [0.29, 0.717) is 0 Å². The molecular weight excluding hydrogens is 892 g/mol. The van der Waals surface area contributed by atoms with Gasteiger partial charge in [-0.25, -0.2) is 33.7 Å². The number of nitrogens with two attached hydrogens (primary N) is 2. The number of phosphoric ester groups is 2. The number of aromatic nitrogens is 6. The number of esters is 1. The van der Waals surface area contributed by atoms with E-state index in [2.05, 4.69) is 36.4 Å². The minimum absolute atomic E-state index is 0.0293. The number of para-hydroxylation sites is 1. The summed E-state index contributed by atoms with van der Waals surface area (Å²) in [6.07, 6.45) is -9.08. The third-order valence-electron chi connectivity index (χ3n) is 9.16. The van der Waals surface area contributed by atoms with Crippen LogP contribution in [0.15, 0.2) is 66.6 Å². The Morgan fingerprint density at radius 1 is 0.984 bits per heavy atom. The van der Waals surface area contributed by atoms with Gasteiger partial charge in [-0.15, -0.1) is 6.58 Å². The number of anilines is 2. The zero-order valence-corrected chi connectivity index (χ0v) is 34.4. The Bertz CT molecular complexity index is 2420. The third-order valence-corrected chi connectivity index (χ3v) is 10.9. The number of benzene rings is 1. The number of halogens is 1. The van der Waals surface area contributed by atoms with Gasteiger partial charge in [-0.05, 0) is 24.6 Å². The minimum atomic E-state index is -5.44. The number of aliphatic hydroxyl groups is 2. The van der Waals surface area contributed by atoms with Crippen molar-refractivity contribution in [1.82, 2.24) is 34.4 Å². The highest BCUT2D eigenvalue weighted by Gasteiger charge is 2.52. The van der Waals surface area contributed by atoms with Crippen LogP contribution in [0.3, 0.4) is 0 Å². The van der Waals surface area contributed by atoms with E-state index in [9.17, 15) is 48.4 Å². The fraction of sp³-hybridized carbons (Fsp3) is 0.424. The Labute approximate surface area is 354 Å². The van der Waals surface area contributed by atoms with E-state index >= 15 is 0 Å². The summed E-state index contributed by atoms with van der Waals surface area (Å²) < 4.78 is 65.0. The molecule has 2 fully saturated rings. The Kier molecular flexibility index (Phi) is 14.8. The zero-order chi connectivity index (χ0) is 44.9. The monoisotopic (exact) mass is 931 g/mol. The van der Waals surface area contributed by atoms with Crippen molar-refractivity contribution in [2.45, 2.75) is 68.0 Å². The molecule has 62 heavy (non-hydrogen) atoms. The first-order valence-corrected chi connectivity index (χ1v) is 21.5. The Morgan fingerprint density at radius 2 is 1.66 bits per heavy atom. The molecule has 26 nitrogen and oxygen atoms in total. The van der Waals surface area contributed by atoms with Gasteiger partial charge in [0.25, 0.3) is 0 Å². The molecule has 29 heteroatoms. The number of allylic oxidation sites excluding steroid dienone is 1. The van der Waals surface area contributed by atoms with Crippen LogP contribution in [-0.2, 0) is 46.5 Å². The van der Waals surface area contributed by atoms with Crippen molar-refractivity contribution in [3.05, 3.63) is 77.3 Å². The summed E-state index contributed by atoms with van der Waals surface area (Å²) in [6.45, 7) is 1.02. The second-order valence-electron chi connectivity index (χ2n) is 13.4. The first kappa shape index (κ1) is 46.6. The molecule has 3 aromatic heterocycles. The average molecular weight is 932 g/mol. The Hall–Kier alpha value is -4.92. The van der Waals surface area contributed by atoms with Crippen LogP contribution in [0.4, 0.5) is 11.6 Å².